The standard InChI is InChI=1S/C23H35N3O4/c1-5-9-19(16(2)25-17(3)27)12-21-20(14-24-30-4)13-22(23(28)29)26(21)15-18-10-7-6-8-11-18/h6-8,10-11,14,16,19-22H,5,9,12-13,15H2,1-4H3,(H,25,27)(H,28,29). The summed E-state index contributed by atoms with van der Waals surface area (Å²) in [5.74, 6) is -0.643. The van der Waals surface area contributed by atoms with E-state index in [9.17, 15) is 14.7 Å². The molecule has 1 heterocycles. The number of aliphatic carboxylic acids is 1. The summed E-state index contributed by atoms with van der Waals surface area (Å²) in [5, 5.41) is 16.9. The van der Waals surface area contributed by atoms with Gasteiger partial charge in [-0.1, -0.05) is 48.8 Å². The predicted molar refractivity (Wildman–Crippen MR) is 117 cm³/mol. The van der Waals surface area contributed by atoms with Crippen LogP contribution in [0.2, 0.25) is 0 Å². The van der Waals surface area contributed by atoms with E-state index in [0.29, 0.717) is 13.0 Å². The fraction of sp³-hybridized carbons (Fsp3) is 0.609. The topological polar surface area (TPSA) is 91.2 Å². The maximum absolute atomic E-state index is 12.1. The molecule has 5 atom stereocenters. The molecule has 0 saturated carbocycles. The molecule has 1 aromatic rings. The first-order chi connectivity index (χ1) is 14.4. The number of benzene rings is 1. The van der Waals surface area contributed by atoms with Crippen LogP contribution in [0.3, 0.4) is 0 Å². The molecular formula is C23H35N3O4. The Morgan fingerprint density at radius 3 is 2.63 bits per heavy atom. The lowest BCUT2D eigenvalue weighted by Gasteiger charge is -2.34. The zero-order valence-electron chi connectivity index (χ0n) is 18.5. The van der Waals surface area contributed by atoms with Gasteiger partial charge in [0.1, 0.15) is 13.2 Å². The number of amides is 1. The maximum Gasteiger partial charge on any atom is 0.320 e. The molecule has 1 aliphatic rings. The van der Waals surface area contributed by atoms with Gasteiger partial charge in [-0.3, -0.25) is 14.5 Å². The van der Waals surface area contributed by atoms with Gasteiger partial charge < -0.3 is 15.3 Å². The van der Waals surface area contributed by atoms with E-state index < -0.39 is 12.0 Å². The van der Waals surface area contributed by atoms with E-state index in [4.69, 9.17) is 4.84 Å². The molecule has 0 bridgehead atoms. The number of carboxylic acid groups (broad SMARTS) is 1. The number of nitrogens with one attached hydrogen (secondary N) is 1. The van der Waals surface area contributed by atoms with Crippen LogP contribution in [0.4, 0.5) is 0 Å². The average molecular weight is 418 g/mol. The third-order valence-electron chi connectivity index (χ3n) is 6.01. The summed E-state index contributed by atoms with van der Waals surface area (Å²) >= 11 is 0. The monoisotopic (exact) mass is 417 g/mol. The van der Waals surface area contributed by atoms with E-state index in [-0.39, 0.29) is 29.8 Å². The van der Waals surface area contributed by atoms with Gasteiger partial charge in [0.05, 0.1) is 0 Å². The van der Waals surface area contributed by atoms with Crippen LogP contribution in [-0.4, -0.2) is 53.3 Å². The van der Waals surface area contributed by atoms with Crippen LogP contribution in [0.5, 0.6) is 0 Å². The lowest BCUT2D eigenvalue weighted by atomic mass is 9.85. The largest absolute Gasteiger partial charge is 0.480 e. The Bertz CT molecular complexity index is 710. The van der Waals surface area contributed by atoms with E-state index in [1.165, 1.54) is 14.0 Å². The van der Waals surface area contributed by atoms with Crippen LogP contribution in [0.15, 0.2) is 35.5 Å². The predicted octanol–water partition coefficient (Wildman–Crippen LogP) is 3.29. The molecule has 166 valence electrons. The second-order valence-electron chi connectivity index (χ2n) is 8.19. The molecule has 30 heavy (non-hydrogen) atoms. The average Bonchev–Trinajstić information content (AvgIpc) is 3.03. The van der Waals surface area contributed by atoms with Crippen LogP contribution in [0.1, 0.15) is 52.0 Å². The minimum Gasteiger partial charge on any atom is -0.480 e. The lowest BCUT2D eigenvalue weighted by Crippen LogP contribution is -2.45. The highest BCUT2D eigenvalue weighted by Gasteiger charge is 2.45. The molecule has 0 spiro atoms. The van der Waals surface area contributed by atoms with Gasteiger partial charge >= 0.3 is 5.97 Å². The van der Waals surface area contributed by atoms with Gasteiger partial charge in [-0.25, -0.2) is 0 Å². The summed E-state index contributed by atoms with van der Waals surface area (Å²) in [6.07, 6.45) is 4.99. The quantitative estimate of drug-likeness (QED) is 0.426. The zero-order chi connectivity index (χ0) is 22.1. The van der Waals surface area contributed by atoms with E-state index in [0.717, 1.165) is 24.8 Å². The highest BCUT2D eigenvalue weighted by atomic mass is 16.6. The number of hydrogen-bond acceptors (Lipinski definition) is 5. The van der Waals surface area contributed by atoms with Crippen LogP contribution in [0.25, 0.3) is 0 Å². The number of hydrogen-bond donors (Lipinski definition) is 2. The molecule has 5 unspecified atom stereocenters. The third kappa shape index (κ3) is 6.55. The van der Waals surface area contributed by atoms with E-state index in [1.807, 2.05) is 37.3 Å². The summed E-state index contributed by atoms with van der Waals surface area (Å²) in [5.41, 5.74) is 1.08. The first kappa shape index (κ1) is 23.9. The second-order valence-corrected chi connectivity index (χ2v) is 8.19. The molecule has 1 aliphatic heterocycles. The minimum atomic E-state index is -0.814. The van der Waals surface area contributed by atoms with Crippen LogP contribution in [0, 0.1) is 11.8 Å². The number of nitrogens with zero attached hydrogens (tertiary/aromatic N) is 2. The Balaban J connectivity index is 2.33. The number of carboxylic acids is 1. The second kappa shape index (κ2) is 11.7. The van der Waals surface area contributed by atoms with E-state index >= 15 is 0 Å². The number of oxime groups is 1. The van der Waals surface area contributed by atoms with Crippen molar-refractivity contribution in [2.24, 2.45) is 17.0 Å². The molecule has 1 fully saturated rings. The number of carbonyl (C=O) groups is 2. The Labute approximate surface area is 179 Å². The smallest absolute Gasteiger partial charge is 0.320 e. The number of rotatable bonds is 11. The van der Waals surface area contributed by atoms with Crippen molar-refractivity contribution >= 4 is 18.1 Å². The van der Waals surface area contributed by atoms with Crippen molar-refractivity contribution in [2.45, 2.75) is 71.1 Å². The van der Waals surface area contributed by atoms with E-state index in [2.05, 4.69) is 22.3 Å². The van der Waals surface area contributed by atoms with Crippen LogP contribution in [-0.2, 0) is 21.0 Å². The SMILES string of the molecule is CCCC(CC1C(C=NOC)CC(C(=O)O)N1Cc1ccccc1)C(C)NC(C)=O. The molecule has 0 aromatic heterocycles. The maximum atomic E-state index is 12.1. The zero-order valence-corrected chi connectivity index (χ0v) is 18.5. The van der Waals surface area contributed by atoms with Crippen molar-refractivity contribution in [1.29, 1.82) is 0 Å². The first-order valence-electron chi connectivity index (χ1n) is 10.7. The third-order valence-corrected chi connectivity index (χ3v) is 6.01. The first-order valence-corrected chi connectivity index (χ1v) is 10.7. The van der Waals surface area contributed by atoms with Gasteiger partial charge in [0.2, 0.25) is 5.91 Å². The molecular weight excluding hydrogens is 382 g/mol. The highest BCUT2D eigenvalue weighted by molar-refractivity contribution is 5.76. The van der Waals surface area contributed by atoms with Gasteiger partial charge in [-0.05, 0) is 37.7 Å². The molecule has 7 nitrogen and oxygen atoms in total. The molecule has 2 N–H and O–H groups in total. The van der Waals surface area contributed by atoms with Gasteiger partial charge in [0.25, 0.3) is 0 Å². The van der Waals surface area contributed by atoms with E-state index in [1.54, 1.807) is 6.21 Å². The Morgan fingerprint density at radius 2 is 2.07 bits per heavy atom. The van der Waals surface area contributed by atoms with Crippen LogP contribution >= 0.6 is 0 Å². The molecule has 0 radical (unpaired) electrons. The Morgan fingerprint density at radius 1 is 1.37 bits per heavy atom. The molecule has 1 aromatic carbocycles. The molecule has 2 rings (SSSR count). The normalized spacial score (nSPS) is 23.9. The Hall–Kier alpha value is -2.41. The van der Waals surface area contributed by atoms with Crippen LogP contribution < -0.4 is 5.32 Å². The van der Waals surface area contributed by atoms with Gasteiger partial charge in [-0.2, -0.15) is 0 Å². The molecule has 1 saturated heterocycles. The van der Waals surface area contributed by atoms with Gasteiger partial charge in [0.15, 0.2) is 0 Å². The lowest BCUT2D eigenvalue weighted by molar-refractivity contribution is -0.143. The van der Waals surface area contributed by atoms with Crippen molar-refractivity contribution < 1.29 is 19.5 Å². The highest BCUT2D eigenvalue weighted by Crippen LogP contribution is 2.36. The summed E-state index contributed by atoms with van der Waals surface area (Å²) < 4.78 is 0. The fourth-order valence-electron chi connectivity index (χ4n) is 4.59. The molecule has 0 aliphatic carbocycles. The summed E-state index contributed by atoms with van der Waals surface area (Å²) in [6, 6.07) is 9.38. The van der Waals surface area contributed by atoms with Crippen molar-refractivity contribution in [2.75, 3.05) is 7.11 Å². The minimum absolute atomic E-state index is 0.00188. The summed E-state index contributed by atoms with van der Waals surface area (Å²) in [4.78, 5) is 30.7. The number of carbonyl (C=O) groups excluding carboxylic acids is 1. The molecule has 1 amide bonds. The van der Waals surface area contributed by atoms with Crippen molar-refractivity contribution in [1.82, 2.24) is 10.2 Å². The summed E-state index contributed by atoms with van der Waals surface area (Å²) in [7, 11) is 1.50. The van der Waals surface area contributed by atoms with Crippen molar-refractivity contribution in [3.05, 3.63) is 35.9 Å². The fourth-order valence-corrected chi connectivity index (χ4v) is 4.59. The van der Waals surface area contributed by atoms with Gasteiger partial charge in [-0.15, -0.1) is 0 Å². The summed E-state index contributed by atoms with van der Waals surface area (Å²) in [6.45, 7) is 6.26. The van der Waals surface area contributed by atoms with Crippen molar-refractivity contribution in [3.63, 3.8) is 0 Å². The molecule has 7 heteroatoms. The Kier molecular flexibility index (Phi) is 9.30. The van der Waals surface area contributed by atoms with Crippen molar-refractivity contribution in [3.8, 4) is 0 Å². The number of likely N-dealkylation sites (tertiary alicyclic amines) is 1. The van der Waals surface area contributed by atoms with Gasteiger partial charge in [0, 0.05) is 37.7 Å².